The number of phenolic OH excluding ortho intramolecular Hbond substituents is 1. The van der Waals surface area contributed by atoms with Gasteiger partial charge >= 0.3 is 5.97 Å². The van der Waals surface area contributed by atoms with E-state index in [4.69, 9.17) is 14.9 Å². The van der Waals surface area contributed by atoms with Crippen LogP contribution in [0, 0.1) is 0 Å². The molecule has 92 valence electrons. The van der Waals surface area contributed by atoms with E-state index in [0.29, 0.717) is 5.56 Å². The molecule has 6 nitrogen and oxygen atoms in total. The standard InChI is InChI=1S/C11H13NO5/c13-9-3-1-2-8(6-9)11(16)12-4-5-17-7-10(14)15/h1-3,6,13H,4-5,7H2,(H,12,16)(H,14,15). The van der Waals surface area contributed by atoms with E-state index in [0.717, 1.165) is 0 Å². The van der Waals surface area contributed by atoms with E-state index >= 15 is 0 Å². The second-order valence-electron chi connectivity index (χ2n) is 3.25. The number of carbonyl (C=O) groups excluding carboxylic acids is 1. The maximum atomic E-state index is 11.5. The van der Waals surface area contributed by atoms with Crippen LogP contribution in [-0.4, -0.2) is 41.8 Å². The van der Waals surface area contributed by atoms with Crippen molar-refractivity contribution >= 4 is 11.9 Å². The molecule has 1 rings (SSSR count). The molecule has 0 bridgehead atoms. The molecule has 0 heterocycles. The first-order valence-electron chi connectivity index (χ1n) is 4.96. The number of carboxylic acid groups (broad SMARTS) is 1. The molecule has 0 saturated carbocycles. The number of rotatable bonds is 6. The first kappa shape index (κ1) is 13.0. The van der Waals surface area contributed by atoms with Crippen molar-refractivity contribution in [3.05, 3.63) is 29.8 Å². The summed E-state index contributed by atoms with van der Waals surface area (Å²) in [6, 6.07) is 5.93. The average Bonchev–Trinajstić information content (AvgIpc) is 2.28. The van der Waals surface area contributed by atoms with Crippen molar-refractivity contribution < 1.29 is 24.5 Å². The molecule has 1 aromatic carbocycles. The lowest BCUT2D eigenvalue weighted by Gasteiger charge is -2.05. The van der Waals surface area contributed by atoms with Crippen molar-refractivity contribution in [2.75, 3.05) is 19.8 Å². The largest absolute Gasteiger partial charge is 0.508 e. The van der Waals surface area contributed by atoms with Gasteiger partial charge < -0.3 is 20.3 Å². The van der Waals surface area contributed by atoms with Crippen molar-refractivity contribution in [2.45, 2.75) is 0 Å². The minimum absolute atomic E-state index is 0.0137. The molecule has 0 aliphatic heterocycles. The van der Waals surface area contributed by atoms with Gasteiger partial charge in [0.25, 0.3) is 5.91 Å². The number of aliphatic carboxylic acids is 1. The summed E-state index contributed by atoms with van der Waals surface area (Å²) in [4.78, 5) is 21.6. The number of hydrogen-bond acceptors (Lipinski definition) is 4. The van der Waals surface area contributed by atoms with Crippen LogP contribution in [0.4, 0.5) is 0 Å². The van der Waals surface area contributed by atoms with Gasteiger partial charge in [-0.05, 0) is 18.2 Å². The number of aromatic hydroxyl groups is 1. The van der Waals surface area contributed by atoms with Crippen LogP contribution in [-0.2, 0) is 9.53 Å². The van der Waals surface area contributed by atoms with Crippen LogP contribution in [0.1, 0.15) is 10.4 Å². The molecular formula is C11H13NO5. The summed E-state index contributed by atoms with van der Waals surface area (Å²) in [5.74, 6) is -1.39. The maximum Gasteiger partial charge on any atom is 0.329 e. The summed E-state index contributed by atoms with van der Waals surface area (Å²) in [5.41, 5.74) is 0.336. The molecule has 0 radical (unpaired) electrons. The van der Waals surface area contributed by atoms with Crippen LogP contribution in [0.3, 0.4) is 0 Å². The van der Waals surface area contributed by atoms with Gasteiger partial charge in [0, 0.05) is 12.1 Å². The fourth-order valence-electron chi connectivity index (χ4n) is 1.15. The first-order chi connectivity index (χ1) is 8.09. The molecule has 0 aliphatic carbocycles. The van der Waals surface area contributed by atoms with Gasteiger partial charge in [-0.3, -0.25) is 4.79 Å². The summed E-state index contributed by atoms with van der Waals surface area (Å²) in [6.45, 7) is -0.0549. The fourth-order valence-corrected chi connectivity index (χ4v) is 1.15. The van der Waals surface area contributed by atoms with Crippen molar-refractivity contribution in [3.8, 4) is 5.75 Å². The lowest BCUT2D eigenvalue weighted by molar-refractivity contribution is -0.142. The van der Waals surface area contributed by atoms with Gasteiger partial charge in [0.1, 0.15) is 12.4 Å². The lowest BCUT2D eigenvalue weighted by atomic mass is 10.2. The van der Waals surface area contributed by atoms with E-state index in [9.17, 15) is 9.59 Å². The highest BCUT2D eigenvalue weighted by Gasteiger charge is 2.05. The van der Waals surface area contributed by atoms with E-state index in [2.05, 4.69) is 5.32 Å². The van der Waals surface area contributed by atoms with Crippen LogP contribution in [0.5, 0.6) is 5.75 Å². The van der Waals surface area contributed by atoms with E-state index in [1.54, 1.807) is 12.1 Å². The second-order valence-corrected chi connectivity index (χ2v) is 3.25. The highest BCUT2D eigenvalue weighted by atomic mass is 16.5. The Kier molecular flexibility index (Phi) is 4.96. The Hall–Kier alpha value is -2.08. The van der Waals surface area contributed by atoms with Crippen LogP contribution in [0.15, 0.2) is 24.3 Å². The van der Waals surface area contributed by atoms with Gasteiger partial charge in [-0.1, -0.05) is 6.07 Å². The Bertz CT molecular complexity index is 405. The number of carbonyl (C=O) groups is 2. The van der Waals surface area contributed by atoms with Crippen molar-refractivity contribution in [3.63, 3.8) is 0 Å². The molecule has 0 fully saturated rings. The van der Waals surface area contributed by atoms with Gasteiger partial charge in [0.05, 0.1) is 6.61 Å². The molecule has 0 aromatic heterocycles. The molecule has 1 aromatic rings. The van der Waals surface area contributed by atoms with Gasteiger partial charge in [-0.2, -0.15) is 0 Å². The zero-order valence-corrected chi connectivity index (χ0v) is 9.05. The van der Waals surface area contributed by atoms with E-state index in [1.165, 1.54) is 12.1 Å². The Morgan fingerprint density at radius 3 is 2.76 bits per heavy atom. The van der Waals surface area contributed by atoms with Crippen LogP contribution < -0.4 is 5.32 Å². The maximum absolute atomic E-state index is 11.5. The second kappa shape index (κ2) is 6.49. The third-order valence-corrected chi connectivity index (χ3v) is 1.87. The lowest BCUT2D eigenvalue weighted by Crippen LogP contribution is -2.27. The molecule has 0 aliphatic rings. The Balaban J connectivity index is 2.28. The summed E-state index contributed by atoms with van der Waals surface area (Å²) in [5, 5.41) is 20.0. The Morgan fingerprint density at radius 2 is 2.12 bits per heavy atom. The first-order valence-corrected chi connectivity index (χ1v) is 4.96. The van der Waals surface area contributed by atoms with Crippen molar-refractivity contribution in [2.24, 2.45) is 0 Å². The monoisotopic (exact) mass is 239 g/mol. The van der Waals surface area contributed by atoms with Gasteiger partial charge in [0.15, 0.2) is 0 Å². The SMILES string of the molecule is O=C(O)COCCNC(=O)c1cccc(O)c1. The molecule has 6 heteroatoms. The van der Waals surface area contributed by atoms with E-state index in [1.807, 2.05) is 0 Å². The molecule has 0 unspecified atom stereocenters. The summed E-state index contributed by atoms with van der Waals surface area (Å²) in [6.07, 6.45) is 0. The summed E-state index contributed by atoms with van der Waals surface area (Å²) >= 11 is 0. The summed E-state index contributed by atoms with van der Waals surface area (Å²) in [7, 11) is 0. The fraction of sp³-hybridized carbons (Fsp3) is 0.273. The smallest absolute Gasteiger partial charge is 0.329 e. The molecule has 0 atom stereocenters. The minimum Gasteiger partial charge on any atom is -0.508 e. The highest BCUT2D eigenvalue weighted by molar-refractivity contribution is 5.94. The van der Waals surface area contributed by atoms with E-state index < -0.39 is 5.97 Å². The third kappa shape index (κ3) is 4.98. The molecular weight excluding hydrogens is 226 g/mol. The number of phenols is 1. The van der Waals surface area contributed by atoms with Crippen LogP contribution >= 0.6 is 0 Å². The minimum atomic E-state index is -1.05. The van der Waals surface area contributed by atoms with Crippen molar-refractivity contribution in [1.82, 2.24) is 5.32 Å². The number of nitrogens with one attached hydrogen (secondary N) is 1. The average molecular weight is 239 g/mol. The highest BCUT2D eigenvalue weighted by Crippen LogP contribution is 2.10. The molecule has 0 saturated heterocycles. The molecule has 0 spiro atoms. The zero-order chi connectivity index (χ0) is 12.7. The molecule has 17 heavy (non-hydrogen) atoms. The topological polar surface area (TPSA) is 95.9 Å². The predicted octanol–water partition coefficient (Wildman–Crippen LogP) is 0.223. The van der Waals surface area contributed by atoms with E-state index in [-0.39, 0.29) is 31.4 Å². The molecule has 1 amide bonds. The number of ether oxygens (including phenoxy) is 1. The quantitative estimate of drug-likeness (QED) is 0.617. The number of benzene rings is 1. The van der Waals surface area contributed by atoms with Gasteiger partial charge in [-0.25, -0.2) is 4.79 Å². The van der Waals surface area contributed by atoms with Crippen molar-refractivity contribution in [1.29, 1.82) is 0 Å². The summed E-state index contributed by atoms with van der Waals surface area (Å²) < 4.78 is 4.74. The Labute approximate surface area is 97.8 Å². The number of amides is 1. The number of carboxylic acids is 1. The van der Waals surface area contributed by atoms with Crippen LogP contribution in [0.2, 0.25) is 0 Å². The third-order valence-electron chi connectivity index (χ3n) is 1.87. The van der Waals surface area contributed by atoms with Gasteiger partial charge in [0.2, 0.25) is 0 Å². The zero-order valence-electron chi connectivity index (χ0n) is 9.05. The van der Waals surface area contributed by atoms with Crippen LogP contribution in [0.25, 0.3) is 0 Å². The van der Waals surface area contributed by atoms with Gasteiger partial charge in [-0.15, -0.1) is 0 Å². The predicted molar refractivity (Wildman–Crippen MR) is 58.9 cm³/mol. The molecule has 3 N–H and O–H groups in total. The number of hydrogen-bond donors (Lipinski definition) is 3. The normalized spacial score (nSPS) is 9.88. The Morgan fingerprint density at radius 1 is 1.35 bits per heavy atom.